The first kappa shape index (κ1) is 20.8. The zero-order valence-electron chi connectivity index (χ0n) is 16.3. The van der Waals surface area contributed by atoms with E-state index in [1.165, 1.54) is 37.1 Å². The third-order valence-corrected chi connectivity index (χ3v) is 6.18. The van der Waals surface area contributed by atoms with Crippen molar-refractivity contribution >= 4 is 51.3 Å². The maximum atomic E-state index is 12.6. The summed E-state index contributed by atoms with van der Waals surface area (Å²) in [4.78, 5) is 33.2. The molecule has 31 heavy (non-hydrogen) atoms. The van der Waals surface area contributed by atoms with Crippen LogP contribution in [-0.2, 0) is 4.79 Å². The first-order valence-electron chi connectivity index (χ1n) is 9.11. The Bertz CT molecular complexity index is 1260. The lowest BCUT2D eigenvalue weighted by Crippen LogP contribution is -2.15. The number of carbonyl (C=O) groups excluding carboxylic acids is 1. The van der Waals surface area contributed by atoms with Crippen molar-refractivity contribution in [3.05, 3.63) is 70.1 Å². The van der Waals surface area contributed by atoms with Crippen LogP contribution in [0.4, 0.5) is 11.4 Å². The Kier molecular flexibility index (Phi) is 6.10. The van der Waals surface area contributed by atoms with E-state index in [2.05, 4.69) is 15.3 Å². The molecule has 2 aromatic heterocycles. The van der Waals surface area contributed by atoms with Crippen molar-refractivity contribution in [1.82, 2.24) is 9.97 Å². The second kappa shape index (κ2) is 9.11. The minimum atomic E-state index is -0.518. The van der Waals surface area contributed by atoms with Crippen LogP contribution in [0.2, 0.25) is 0 Å². The Balaban J connectivity index is 1.54. The number of thioether (sulfide) groups is 1. The number of hydrogen-bond acceptors (Lipinski definition) is 8. The SMILES string of the molecule is COc1cc([N+](=O)[O-])ccc1NC(=O)CSc1nc(-c2cccs2)nc2ccccc12. The second-order valence-corrected chi connectivity index (χ2v) is 8.24. The van der Waals surface area contributed by atoms with Gasteiger partial charge in [-0.05, 0) is 23.6 Å². The van der Waals surface area contributed by atoms with Crippen molar-refractivity contribution in [1.29, 1.82) is 0 Å². The maximum absolute atomic E-state index is 12.6. The number of aromatic nitrogens is 2. The molecule has 4 rings (SSSR count). The highest BCUT2D eigenvalue weighted by Crippen LogP contribution is 2.31. The highest BCUT2D eigenvalue weighted by molar-refractivity contribution is 8.00. The number of para-hydroxylation sites is 1. The number of thiophene rings is 1. The third kappa shape index (κ3) is 4.65. The quantitative estimate of drug-likeness (QED) is 0.182. The van der Waals surface area contributed by atoms with Crippen molar-refractivity contribution in [2.75, 3.05) is 18.2 Å². The molecule has 0 atom stereocenters. The van der Waals surface area contributed by atoms with E-state index in [-0.39, 0.29) is 23.1 Å². The van der Waals surface area contributed by atoms with Gasteiger partial charge in [-0.25, -0.2) is 9.97 Å². The number of non-ortho nitro benzene ring substituents is 1. The number of hydrogen-bond donors (Lipinski definition) is 1. The Labute approximate surface area is 185 Å². The Hall–Kier alpha value is -3.50. The number of nitro groups is 1. The van der Waals surface area contributed by atoms with Crippen molar-refractivity contribution in [3.63, 3.8) is 0 Å². The standard InChI is InChI=1S/C21H16N4O4S2/c1-29-17-11-13(25(27)28)8-9-16(17)22-19(26)12-31-21-14-5-2-3-6-15(14)23-20(24-21)18-7-4-10-30-18/h2-11H,12H2,1H3,(H,22,26). The largest absolute Gasteiger partial charge is 0.494 e. The van der Waals surface area contributed by atoms with E-state index < -0.39 is 4.92 Å². The van der Waals surface area contributed by atoms with Gasteiger partial charge in [0.2, 0.25) is 5.91 Å². The van der Waals surface area contributed by atoms with E-state index in [0.717, 1.165) is 15.8 Å². The zero-order chi connectivity index (χ0) is 21.8. The predicted molar refractivity (Wildman–Crippen MR) is 122 cm³/mol. The van der Waals surface area contributed by atoms with Gasteiger partial charge in [0.1, 0.15) is 10.8 Å². The van der Waals surface area contributed by atoms with E-state index in [1.54, 1.807) is 11.3 Å². The minimum Gasteiger partial charge on any atom is -0.494 e. The molecule has 0 aliphatic rings. The highest BCUT2D eigenvalue weighted by atomic mass is 32.2. The molecule has 4 aromatic rings. The van der Waals surface area contributed by atoms with Crippen LogP contribution in [0, 0.1) is 10.1 Å². The average molecular weight is 453 g/mol. The molecule has 0 unspecified atom stereocenters. The number of carbonyl (C=O) groups is 1. The number of rotatable bonds is 7. The van der Waals surface area contributed by atoms with Gasteiger partial charge in [0.05, 0.1) is 39.9 Å². The molecule has 8 nitrogen and oxygen atoms in total. The molecule has 10 heteroatoms. The average Bonchev–Trinajstić information content (AvgIpc) is 3.32. The predicted octanol–water partition coefficient (Wildman–Crippen LogP) is 5.01. The molecule has 0 aliphatic carbocycles. The molecule has 156 valence electrons. The number of benzene rings is 2. The Morgan fingerprint density at radius 1 is 1.19 bits per heavy atom. The van der Waals surface area contributed by atoms with Crippen molar-refractivity contribution < 1.29 is 14.5 Å². The number of nitro benzene ring substituents is 1. The molecule has 0 bridgehead atoms. The van der Waals surface area contributed by atoms with Gasteiger partial charge in [-0.1, -0.05) is 36.0 Å². The normalized spacial score (nSPS) is 10.7. The maximum Gasteiger partial charge on any atom is 0.273 e. The van der Waals surface area contributed by atoms with E-state index >= 15 is 0 Å². The van der Waals surface area contributed by atoms with Gasteiger partial charge in [0, 0.05) is 11.5 Å². The lowest BCUT2D eigenvalue weighted by atomic mass is 10.2. The van der Waals surface area contributed by atoms with Crippen molar-refractivity contribution in [2.24, 2.45) is 0 Å². The van der Waals surface area contributed by atoms with Crippen LogP contribution < -0.4 is 10.1 Å². The lowest BCUT2D eigenvalue weighted by molar-refractivity contribution is -0.384. The van der Waals surface area contributed by atoms with Gasteiger partial charge in [-0.3, -0.25) is 14.9 Å². The van der Waals surface area contributed by atoms with Crippen LogP contribution in [0.25, 0.3) is 21.6 Å². The number of methoxy groups -OCH3 is 1. The monoisotopic (exact) mass is 452 g/mol. The fourth-order valence-corrected chi connectivity index (χ4v) is 4.37. The van der Waals surface area contributed by atoms with Crippen LogP contribution in [0.3, 0.4) is 0 Å². The summed E-state index contributed by atoms with van der Waals surface area (Å²) in [5.41, 5.74) is 1.06. The molecule has 1 N–H and O–H groups in total. The molecular formula is C21H16N4O4S2. The first-order chi connectivity index (χ1) is 15.0. The summed E-state index contributed by atoms with van der Waals surface area (Å²) in [5, 5.41) is 17.2. The van der Waals surface area contributed by atoms with Gasteiger partial charge in [-0.2, -0.15) is 0 Å². The summed E-state index contributed by atoms with van der Waals surface area (Å²) in [6, 6.07) is 15.6. The smallest absolute Gasteiger partial charge is 0.273 e. The van der Waals surface area contributed by atoms with Gasteiger partial charge in [0.25, 0.3) is 5.69 Å². The number of ether oxygens (including phenoxy) is 1. The lowest BCUT2D eigenvalue weighted by Gasteiger charge is -2.11. The van der Waals surface area contributed by atoms with E-state index in [4.69, 9.17) is 4.74 Å². The number of fused-ring (bicyclic) bond motifs is 1. The fourth-order valence-electron chi connectivity index (χ4n) is 2.89. The molecule has 2 aromatic carbocycles. The van der Waals surface area contributed by atoms with Crippen LogP contribution >= 0.6 is 23.1 Å². The molecule has 2 heterocycles. The van der Waals surface area contributed by atoms with Crippen LogP contribution in [0.15, 0.2) is 65.0 Å². The van der Waals surface area contributed by atoms with Crippen molar-refractivity contribution in [2.45, 2.75) is 5.03 Å². The van der Waals surface area contributed by atoms with E-state index in [0.29, 0.717) is 16.5 Å². The van der Waals surface area contributed by atoms with Crippen LogP contribution in [-0.4, -0.2) is 33.7 Å². The number of amides is 1. The third-order valence-electron chi connectivity index (χ3n) is 4.32. The summed E-state index contributed by atoms with van der Waals surface area (Å²) in [6.45, 7) is 0. The summed E-state index contributed by atoms with van der Waals surface area (Å²) in [6.07, 6.45) is 0. The van der Waals surface area contributed by atoms with E-state index in [9.17, 15) is 14.9 Å². The molecule has 0 spiro atoms. The Morgan fingerprint density at radius 3 is 2.77 bits per heavy atom. The minimum absolute atomic E-state index is 0.102. The summed E-state index contributed by atoms with van der Waals surface area (Å²) in [7, 11) is 1.39. The Morgan fingerprint density at radius 2 is 2.03 bits per heavy atom. The van der Waals surface area contributed by atoms with Crippen molar-refractivity contribution in [3.8, 4) is 16.5 Å². The molecular weight excluding hydrogens is 436 g/mol. The molecule has 0 saturated carbocycles. The topological polar surface area (TPSA) is 107 Å². The molecule has 0 radical (unpaired) electrons. The summed E-state index contributed by atoms with van der Waals surface area (Å²) >= 11 is 2.85. The summed E-state index contributed by atoms with van der Waals surface area (Å²) < 4.78 is 5.17. The van der Waals surface area contributed by atoms with E-state index in [1.807, 2.05) is 41.8 Å². The van der Waals surface area contributed by atoms with Gasteiger partial charge in [0.15, 0.2) is 5.82 Å². The van der Waals surface area contributed by atoms with Gasteiger partial charge in [-0.15, -0.1) is 11.3 Å². The highest BCUT2D eigenvalue weighted by Gasteiger charge is 2.15. The van der Waals surface area contributed by atoms with Gasteiger partial charge >= 0.3 is 0 Å². The fraction of sp³-hybridized carbons (Fsp3) is 0.0952. The zero-order valence-corrected chi connectivity index (χ0v) is 17.9. The van der Waals surface area contributed by atoms with Crippen LogP contribution in [0.1, 0.15) is 0 Å². The molecule has 0 fully saturated rings. The molecule has 1 amide bonds. The number of nitrogens with zero attached hydrogens (tertiary/aromatic N) is 3. The summed E-state index contributed by atoms with van der Waals surface area (Å²) in [5.74, 6) is 0.663. The molecule has 0 aliphatic heterocycles. The van der Waals surface area contributed by atoms with Gasteiger partial charge < -0.3 is 10.1 Å². The molecule has 0 saturated heterocycles. The number of anilines is 1. The first-order valence-corrected chi connectivity index (χ1v) is 11.0. The van der Waals surface area contributed by atoms with Crippen LogP contribution in [0.5, 0.6) is 5.75 Å². The number of nitrogens with one attached hydrogen (secondary N) is 1. The second-order valence-electron chi connectivity index (χ2n) is 6.33.